The summed E-state index contributed by atoms with van der Waals surface area (Å²) >= 11 is 1.31. The summed E-state index contributed by atoms with van der Waals surface area (Å²) in [5, 5.41) is 10.2. The highest BCUT2D eigenvalue weighted by molar-refractivity contribution is 7.21. The Morgan fingerprint density at radius 1 is 1.09 bits per heavy atom. The van der Waals surface area contributed by atoms with Crippen LogP contribution < -0.4 is 20.9 Å². The first-order valence-electron chi connectivity index (χ1n) is 11.7. The van der Waals surface area contributed by atoms with Crippen molar-refractivity contribution in [3.63, 3.8) is 0 Å². The van der Waals surface area contributed by atoms with Crippen molar-refractivity contribution < 1.29 is 9.59 Å². The topological polar surface area (TPSA) is 99.2 Å². The maximum Gasteiger partial charge on any atom is 0.331 e. The highest BCUT2D eigenvalue weighted by Crippen LogP contribution is 2.46. The summed E-state index contributed by atoms with van der Waals surface area (Å²) in [6.07, 6.45) is 6.48. The third kappa shape index (κ3) is 3.73. The molecule has 0 saturated heterocycles. The Morgan fingerprint density at radius 2 is 1.97 bits per heavy atom. The number of nitrogens with zero attached hydrogens (tertiary/aromatic N) is 3. The molecule has 1 aliphatic carbocycles. The maximum atomic E-state index is 13.4. The lowest BCUT2D eigenvalue weighted by atomic mass is 10.1. The maximum absolute atomic E-state index is 13.4. The Kier molecular flexibility index (Phi) is 5.43. The molecule has 35 heavy (non-hydrogen) atoms. The molecule has 4 aromatic rings. The SMILES string of the molecule is CNC1CCC[C@H]1NC(=O)c1sc2nccc3c2c1NC(=O)N3c1cccc(-c2ccccn2)c1. The molecule has 1 saturated carbocycles. The highest BCUT2D eigenvalue weighted by Gasteiger charge is 2.34. The second-order valence-electron chi connectivity index (χ2n) is 8.75. The number of hydrogen-bond donors (Lipinski definition) is 3. The zero-order valence-corrected chi connectivity index (χ0v) is 19.9. The minimum atomic E-state index is -0.315. The van der Waals surface area contributed by atoms with E-state index in [-0.39, 0.29) is 24.0 Å². The summed E-state index contributed by atoms with van der Waals surface area (Å²) in [5.74, 6) is -0.174. The molecule has 1 unspecified atom stereocenters. The van der Waals surface area contributed by atoms with Crippen molar-refractivity contribution in [2.45, 2.75) is 31.3 Å². The second-order valence-corrected chi connectivity index (χ2v) is 9.75. The van der Waals surface area contributed by atoms with E-state index in [1.807, 2.05) is 55.6 Å². The Hall–Kier alpha value is -3.82. The van der Waals surface area contributed by atoms with E-state index in [1.54, 1.807) is 17.3 Å². The van der Waals surface area contributed by atoms with E-state index in [4.69, 9.17) is 0 Å². The summed E-state index contributed by atoms with van der Waals surface area (Å²) in [6, 6.07) is 15.3. The minimum Gasteiger partial charge on any atom is -0.347 e. The molecule has 3 N–H and O–H groups in total. The van der Waals surface area contributed by atoms with Gasteiger partial charge < -0.3 is 16.0 Å². The number of carbonyl (C=O) groups excluding carboxylic acids is 2. The largest absolute Gasteiger partial charge is 0.347 e. The van der Waals surface area contributed by atoms with Crippen LogP contribution in [0.15, 0.2) is 60.9 Å². The number of aromatic nitrogens is 2. The lowest BCUT2D eigenvalue weighted by Gasteiger charge is -2.28. The van der Waals surface area contributed by atoms with Crippen LogP contribution in [0.3, 0.4) is 0 Å². The number of rotatable bonds is 5. The Balaban J connectivity index is 1.39. The fourth-order valence-corrected chi connectivity index (χ4v) is 6.07. The molecule has 1 aliphatic heterocycles. The molecule has 1 aromatic carbocycles. The van der Waals surface area contributed by atoms with Gasteiger partial charge in [0.05, 0.1) is 28.1 Å². The van der Waals surface area contributed by atoms with Gasteiger partial charge in [-0.1, -0.05) is 18.2 Å². The van der Waals surface area contributed by atoms with Gasteiger partial charge in [-0.25, -0.2) is 9.78 Å². The van der Waals surface area contributed by atoms with E-state index in [1.165, 1.54) is 11.3 Å². The van der Waals surface area contributed by atoms with Crippen molar-refractivity contribution in [1.29, 1.82) is 0 Å². The van der Waals surface area contributed by atoms with Crippen LogP contribution in [0.1, 0.15) is 28.9 Å². The molecule has 3 amide bonds. The first-order chi connectivity index (χ1) is 17.1. The molecule has 0 bridgehead atoms. The van der Waals surface area contributed by atoms with Crippen molar-refractivity contribution in [2.24, 2.45) is 0 Å². The summed E-state index contributed by atoms with van der Waals surface area (Å²) in [5.41, 5.74) is 3.69. The summed E-state index contributed by atoms with van der Waals surface area (Å²) < 4.78 is 0. The van der Waals surface area contributed by atoms with Crippen LogP contribution in [0.2, 0.25) is 0 Å². The Labute approximate surface area is 206 Å². The van der Waals surface area contributed by atoms with E-state index >= 15 is 0 Å². The number of carbonyl (C=O) groups is 2. The van der Waals surface area contributed by atoms with Crippen molar-refractivity contribution in [3.05, 3.63) is 65.8 Å². The molecule has 6 rings (SSSR count). The van der Waals surface area contributed by atoms with Gasteiger partial charge in [0, 0.05) is 30.0 Å². The number of amides is 3. The number of hydrogen-bond acceptors (Lipinski definition) is 6. The van der Waals surface area contributed by atoms with E-state index in [9.17, 15) is 9.59 Å². The molecule has 8 nitrogen and oxygen atoms in total. The van der Waals surface area contributed by atoms with Gasteiger partial charge in [-0.05, 0) is 56.6 Å². The van der Waals surface area contributed by atoms with Gasteiger partial charge in [0.25, 0.3) is 5.91 Å². The zero-order valence-electron chi connectivity index (χ0n) is 19.1. The van der Waals surface area contributed by atoms with Gasteiger partial charge in [-0.15, -0.1) is 11.3 Å². The number of nitrogens with one attached hydrogen (secondary N) is 3. The first kappa shape index (κ1) is 21.7. The third-order valence-electron chi connectivity index (χ3n) is 6.72. The molecule has 2 aliphatic rings. The molecule has 176 valence electrons. The number of anilines is 3. The predicted octanol–water partition coefficient (Wildman–Crippen LogP) is 4.91. The summed E-state index contributed by atoms with van der Waals surface area (Å²) in [7, 11) is 1.92. The predicted molar refractivity (Wildman–Crippen MR) is 138 cm³/mol. The summed E-state index contributed by atoms with van der Waals surface area (Å²) in [6.45, 7) is 0. The fourth-order valence-electron chi connectivity index (χ4n) is 5.05. The van der Waals surface area contributed by atoms with Crippen LogP contribution in [0.25, 0.3) is 21.5 Å². The van der Waals surface area contributed by atoms with Crippen LogP contribution in [0, 0.1) is 0 Å². The van der Waals surface area contributed by atoms with Gasteiger partial charge in [0.15, 0.2) is 0 Å². The zero-order chi connectivity index (χ0) is 23.9. The Morgan fingerprint density at radius 3 is 2.80 bits per heavy atom. The highest BCUT2D eigenvalue weighted by atomic mass is 32.1. The quantitative estimate of drug-likeness (QED) is 0.374. The molecular weight excluding hydrogens is 460 g/mol. The Bertz CT molecular complexity index is 1440. The molecular formula is C26H24N6O2S. The molecule has 1 fully saturated rings. The molecule has 9 heteroatoms. The van der Waals surface area contributed by atoms with Gasteiger partial charge in [-0.3, -0.25) is 14.7 Å². The number of pyridine rings is 2. The molecule has 3 aromatic heterocycles. The lowest BCUT2D eigenvalue weighted by molar-refractivity contribution is 0.0937. The number of benzene rings is 1. The van der Waals surface area contributed by atoms with Gasteiger partial charge in [0.2, 0.25) is 0 Å². The van der Waals surface area contributed by atoms with Crippen molar-refractivity contribution >= 4 is 50.6 Å². The van der Waals surface area contributed by atoms with Gasteiger partial charge >= 0.3 is 6.03 Å². The third-order valence-corrected chi connectivity index (χ3v) is 7.82. The molecule has 2 atom stereocenters. The van der Waals surface area contributed by atoms with Gasteiger partial charge in [0.1, 0.15) is 9.71 Å². The molecule has 0 radical (unpaired) electrons. The normalized spacial score (nSPS) is 19.1. The molecule has 0 spiro atoms. The first-order valence-corrected chi connectivity index (χ1v) is 12.5. The van der Waals surface area contributed by atoms with Crippen LogP contribution in [0.5, 0.6) is 0 Å². The standard InChI is InChI=1S/C26H24N6O2S/c1-27-18-9-5-10-19(18)30-24(33)23-22-21-20(11-13-29-25(21)35-23)32(26(34)31-22)16-7-4-6-15(14-16)17-8-2-3-12-28-17/h2-4,6-8,11-14,18-19,27H,5,9-10H2,1H3,(H,30,33)(H,31,34)/t18?,19-/m1/s1. The monoisotopic (exact) mass is 484 g/mol. The summed E-state index contributed by atoms with van der Waals surface area (Å²) in [4.78, 5) is 38.4. The van der Waals surface area contributed by atoms with E-state index in [0.29, 0.717) is 26.8 Å². The van der Waals surface area contributed by atoms with Crippen LogP contribution in [0.4, 0.5) is 21.9 Å². The van der Waals surface area contributed by atoms with Crippen LogP contribution >= 0.6 is 11.3 Å². The van der Waals surface area contributed by atoms with E-state index < -0.39 is 0 Å². The number of likely N-dealkylation sites (N-methyl/N-ethyl adjacent to an activating group) is 1. The molecule has 4 heterocycles. The smallest absolute Gasteiger partial charge is 0.331 e. The van der Waals surface area contributed by atoms with E-state index in [2.05, 4.69) is 25.9 Å². The number of urea groups is 1. The average Bonchev–Trinajstić information content (AvgIpc) is 3.49. The average molecular weight is 485 g/mol. The van der Waals surface area contributed by atoms with Gasteiger partial charge in [-0.2, -0.15) is 0 Å². The number of thiophene rings is 1. The van der Waals surface area contributed by atoms with Crippen LogP contribution in [-0.2, 0) is 0 Å². The van der Waals surface area contributed by atoms with Crippen molar-refractivity contribution in [2.75, 3.05) is 17.3 Å². The van der Waals surface area contributed by atoms with E-state index in [0.717, 1.165) is 35.9 Å². The minimum absolute atomic E-state index is 0.0717. The van der Waals surface area contributed by atoms with Crippen molar-refractivity contribution in [1.82, 2.24) is 20.6 Å². The van der Waals surface area contributed by atoms with Crippen LogP contribution in [-0.4, -0.2) is 41.0 Å². The fraction of sp³-hybridized carbons (Fsp3) is 0.231. The lowest BCUT2D eigenvalue weighted by Crippen LogP contribution is -2.45. The second kappa shape index (κ2) is 8.75. The van der Waals surface area contributed by atoms with Crippen molar-refractivity contribution in [3.8, 4) is 11.3 Å².